The van der Waals surface area contributed by atoms with Crippen molar-refractivity contribution in [1.29, 1.82) is 0 Å². The maximum Gasteiger partial charge on any atom is 0.115 e. The Morgan fingerprint density at radius 1 is 1.28 bits per heavy atom. The van der Waals surface area contributed by atoms with Gasteiger partial charge in [-0.05, 0) is 18.5 Å². The summed E-state index contributed by atoms with van der Waals surface area (Å²) in [5, 5.41) is 3.38. The number of nitrogens with zero attached hydrogens (tertiary/aromatic N) is 4. The van der Waals surface area contributed by atoms with Gasteiger partial charge in [-0.3, -0.25) is 0 Å². The maximum absolute atomic E-state index is 4.37. The van der Waals surface area contributed by atoms with Gasteiger partial charge in [0.25, 0.3) is 0 Å². The molecule has 0 bridgehead atoms. The van der Waals surface area contributed by atoms with Crippen LogP contribution in [0.1, 0.15) is 25.2 Å². The number of rotatable bonds is 6. The molecule has 0 radical (unpaired) electrons. The largest absolute Gasteiger partial charge is 0.331 e. The van der Waals surface area contributed by atoms with E-state index in [2.05, 4.69) is 40.3 Å². The summed E-state index contributed by atoms with van der Waals surface area (Å²) in [5.41, 5.74) is 2.05. The second-order valence-electron chi connectivity index (χ2n) is 4.76. The van der Waals surface area contributed by atoms with Crippen molar-refractivity contribution in [3.05, 3.63) is 42.5 Å². The van der Waals surface area contributed by atoms with Gasteiger partial charge in [0.1, 0.15) is 6.33 Å². The molecule has 2 aromatic heterocycles. The van der Waals surface area contributed by atoms with Crippen molar-refractivity contribution >= 4 is 0 Å². The predicted octanol–water partition coefficient (Wildman–Crippen LogP) is 1.47. The van der Waals surface area contributed by atoms with Crippen LogP contribution in [0.15, 0.2) is 31.1 Å². The molecule has 0 aromatic carbocycles. The molecule has 2 aromatic rings. The molecule has 18 heavy (non-hydrogen) atoms. The first-order chi connectivity index (χ1) is 8.74. The Morgan fingerprint density at radius 2 is 2.17 bits per heavy atom. The molecule has 2 rings (SSSR count). The van der Waals surface area contributed by atoms with Crippen LogP contribution in [0, 0.1) is 5.92 Å². The van der Waals surface area contributed by atoms with E-state index in [9.17, 15) is 0 Å². The molecule has 0 amide bonds. The molecule has 0 unspecified atom stereocenters. The van der Waals surface area contributed by atoms with Gasteiger partial charge in [-0.25, -0.2) is 15.0 Å². The van der Waals surface area contributed by atoms with E-state index >= 15 is 0 Å². The second kappa shape index (κ2) is 6.26. The summed E-state index contributed by atoms with van der Waals surface area (Å²) in [6.07, 6.45) is 7.21. The van der Waals surface area contributed by atoms with Crippen LogP contribution < -0.4 is 5.32 Å². The number of hydrogen-bond donors (Lipinski definition) is 1. The fourth-order valence-electron chi connectivity index (χ4n) is 1.67. The van der Waals surface area contributed by atoms with Crippen molar-refractivity contribution in [2.75, 3.05) is 6.54 Å². The standard InChI is InChI=1S/C13H19N5/c1-11(2)5-15-6-13-8-18(10-17-13)7-12-3-4-14-9-16-12/h3-4,8-11,15H,5-7H2,1-2H3. The van der Waals surface area contributed by atoms with Crippen molar-refractivity contribution in [1.82, 2.24) is 24.8 Å². The minimum Gasteiger partial charge on any atom is -0.331 e. The number of nitrogens with one attached hydrogen (secondary N) is 1. The average molecular weight is 245 g/mol. The zero-order chi connectivity index (χ0) is 12.8. The minimum atomic E-state index is 0.660. The van der Waals surface area contributed by atoms with Gasteiger partial charge >= 0.3 is 0 Å². The van der Waals surface area contributed by atoms with E-state index in [1.807, 2.05) is 17.0 Å². The van der Waals surface area contributed by atoms with E-state index in [1.165, 1.54) is 0 Å². The van der Waals surface area contributed by atoms with Crippen molar-refractivity contribution in [3.63, 3.8) is 0 Å². The summed E-state index contributed by atoms with van der Waals surface area (Å²) in [6.45, 7) is 6.95. The molecule has 0 spiro atoms. The van der Waals surface area contributed by atoms with Crippen LogP contribution in [0.3, 0.4) is 0 Å². The highest BCUT2D eigenvalue weighted by Gasteiger charge is 2.01. The van der Waals surface area contributed by atoms with Crippen molar-refractivity contribution < 1.29 is 0 Å². The fourth-order valence-corrected chi connectivity index (χ4v) is 1.67. The fraction of sp³-hybridized carbons (Fsp3) is 0.462. The molecule has 0 aliphatic heterocycles. The van der Waals surface area contributed by atoms with Gasteiger partial charge in [-0.1, -0.05) is 13.8 Å². The van der Waals surface area contributed by atoms with Gasteiger partial charge in [-0.15, -0.1) is 0 Å². The van der Waals surface area contributed by atoms with Crippen LogP contribution in [0.25, 0.3) is 0 Å². The Bertz CT molecular complexity index is 463. The third kappa shape index (κ3) is 3.92. The van der Waals surface area contributed by atoms with E-state index in [1.54, 1.807) is 12.5 Å². The summed E-state index contributed by atoms with van der Waals surface area (Å²) in [4.78, 5) is 12.5. The van der Waals surface area contributed by atoms with E-state index in [-0.39, 0.29) is 0 Å². The molecule has 0 atom stereocenters. The molecule has 5 heteroatoms. The minimum absolute atomic E-state index is 0.660. The highest BCUT2D eigenvalue weighted by atomic mass is 15.1. The molecule has 5 nitrogen and oxygen atoms in total. The molecular weight excluding hydrogens is 226 g/mol. The topological polar surface area (TPSA) is 55.6 Å². The van der Waals surface area contributed by atoms with Crippen LogP contribution in [-0.4, -0.2) is 26.1 Å². The van der Waals surface area contributed by atoms with Gasteiger partial charge in [0, 0.05) is 18.9 Å². The summed E-state index contributed by atoms with van der Waals surface area (Å²) < 4.78 is 2.04. The molecular formula is C13H19N5. The molecule has 0 aliphatic rings. The number of aromatic nitrogens is 4. The quantitative estimate of drug-likeness (QED) is 0.837. The van der Waals surface area contributed by atoms with Crippen LogP contribution in [0.5, 0.6) is 0 Å². The zero-order valence-electron chi connectivity index (χ0n) is 10.9. The summed E-state index contributed by atoms with van der Waals surface area (Å²) >= 11 is 0. The summed E-state index contributed by atoms with van der Waals surface area (Å²) in [5.74, 6) is 0.660. The van der Waals surface area contributed by atoms with Gasteiger partial charge in [0.15, 0.2) is 0 Å². The van der Waals surface area contributed by atoms with Gasteiger partial charge in [-0.2, -0.15) is 0 Å². The Hall–Kier alpha value is -1.75. The van der Waals surface area contributed by atoms with Crippen molar-refractivity contribution in [2.24, 2.45) is 5.92 Å². The average Bonchev–Trinajstić information content (AvgIpc) is 2.78. The van der Waals surface area contributed by atoms with Crippen LogP contribution >= 0.6 is 0 Å². The lowest BCUT2D eigenvalue weighted by Gasteiger charge is -2.04. The number of imidazole rings is 1. The molecule has 1 N–H and O–H groups in total. The summed E-state index contributed by atoms with van der Waals surface area (Å²) in [7, 11) is 0. The molecule has 0 fully saturated rings. The van der Waals surface area contributed by atoms with Crippen molar-refractivity contribution in [3.8, 4) is 0 Å². The first kappa shape index (κ1) is 12.7. The first-order valence-electron chi connectivity index (χ1n) is 6.20. The van der Waals surface area contributed by atoms with Crippen LogP contribution in [-0.2, 0) is 13.1 Å². The lowest BCUT2D eigenvalue weighted by Crippen LogP contribution is -2.19. The first-order valence-corrected chi connectivity index (χ1v) is 6.20. The molecule has 2 heterocycles. The van der Waals surface area contributed by atoms with Crippen molar-refractivity contribution in [2.45, 2.75) is 26.9 Å². The zero-order valence-corrected chi connectivity index (χ0v) is 10.9. The molecule has 0 saturated carbocycles. The number of hydrogen-bond acceptors (Lipinski definition) is 4. The monoisotopic (exact) mass is 245 g/mol. The van der Waals surface area contributed by atoms with E-state index in [0.29, 0.717) is 5.92 Å². The Morgan fingerprint density at radius 3 is 2.89 bits per heavy atom. The van der Waals surface area contributed by atoms with Gasteiger partial charge in [0.05, 0.1) is 24.3 Å². The van der Waals surface area contributed by atoms with E-state index < -0.39 is 0 Å². The lowest BCUT2D eigenvalue weighted by molar-refractivity contribution is 0.548. The van der Waals surface area contributed by atoms with Gasteiger partial charge in [0.2, 0.25) is 0 Å². The highest BCUT2D eigenvalue weighted by Crippen LogP contribution is 2.01. The van der Waals surface area contributed by atoms with Gasteiger partial charge < -0.3 is 9.88 Å². The normalized spacial score (nSPS) is 11.1. The lowest BCUT2D eigenvalue weighted by atomic mass is 10.2. The SMILES string of the molecule is CC(C)CNCc1cn(Cc2ccncn2)cn1. The highest BCUT2D eigenvalue weighted by molar-refractivity contribution is 5.02. The van der Waals surface area contributed by atoms with Crippen LogP contribution in [0.4, 0.5) is 0 Å². The smallest absolute Gasteiger partial charge is 0.115 e. The Balaban J connectivity index is 1.86. The summed E-state index contributed by atoms with van der Waals surface area (Å²) in [6, 6.07) is 1.91. The van der Waals surface area contributed by atoms with E-state index in [0.717, 1.165) is 31.0 Å². The van der Waals surface area contributed by atoms with Crippen LogP contribution in [0.2, 0.25) is 0 Å². The Labute approximate surface area is 107 Å². The maximum atomic E-state index is 4.37. The molecule has 0 saturated heterocycles. The Kier molecular flexibility index (Phi) is 4.41. The third-order valence-electron chi connectivity index (χ3n) is 2.53. The van der Waals surface area contributed by atoms with E-state index in [4.69, 9.17) is 0 Å². The predicted molar refractivity (Wildman–Crippen MR) is 69.9 cm³/mol. The third-order valence-corrected chi connectivity index (χ3v) is 2.53. The molecule has 96 valence electrons. The molecule has 0 aliphatic carbocycles. The second-order valence-corrected chi connectivity index (χ2v) is 4.76.